The number of hydrogen-bond acceptors (Lipinski definition) is 0. The Kier molecular flexibility index (Phi) is 25.1. The first-order chi connectivity index (χ1) is 16.5. The maximum absolute atomic E-state index is 16.1. The fraction of sp³-hybridized carbons (Fsp3) is 1.00. The number of rotatable bonds is 27. The first-order valence-corrected chi connectivity index (χ1v) is 19.9. The molecule has 34 heavy (non-hydrogen) atoms. The van der Waals surface area contributed by atoms with E-state index in [9.17, 15) is 8.78 Å². The first kappa shape index (κ1) is 34.2. The van der Waals surface area contributed by atoms with E-state index in [2.05, 4.69) is 20.8 Å². The molecule has 0 saturated heterocycles. The number of alkyl halides is 2. The SMILES string of the molecule is CCCCCCCC[Si](F)(CCCCCCCC)CC(C)CC[SiH2]CC(F)CCCCCCF. The van der Waals surface area contributed by atoms with Crippen molar-refractivity contribution < 1.29 is 12.9 Å². The van der Waals surface area contributed by atoms with Crippen LogP contribution in [0.4, 0.5) is 12.9 Å². The van der Waals surface area contributed by atoms with Gasteiger partial charge in [0.05, 0.1) is 12.8 Å². The van der Waals surface area contributed by atoms with E-state index in [-0.39, 0.29) is 16.2 Å². The van der Waals surface area contributed by atoms with Crippen LogP contribution < -0.4 is 0 Å². The molecule has 0 saturated carbocycles. The second-order valence-corrected chi connectivity index (χ2v) is 17.0. The fourth-order valence-electron chi connectivity index (χ4n) is 5.32. The molecule has 0 aromatic carbocycles. The lowest BCUT2D eigenvalue weighted by Crippen LogP contribution is -2.30. The van der Waals surface area contributed by atoms with Gasteiger partial charge in [-0.15, -0.1) is 0 Å². The van der Waals surface area contributed by atoms with Crippen molar-refractivity contribution in [2.24, 2.45) is 5.92 Å². The highest BCUT2D eigenvalue weighted by Crippen LogP contribution is 2.33. The second kappa shape index (κ2) is 24.9. The molecule has 0 amide bonds. The van der Waals surface area contributed by atoms with Crippen LogP contribution in [0.5, 0.6) is 0 Å². The second-order valence-electron chi connectivity index (χ2n) is 11.3. The molecule has 2 atom stereocenters. The topological polar surface area (TPSA) is 0 Å². The minimum absolute atomic E-state index is 0.245. The van der Waals surface area contributed by atoms with E-state index < -0.39 is 14.6 Å². The standard InChI is InChI=1S/C29H61F3Si2/c1-4-6-8-10-14-18-24-34(32,25-19-15-11-9-7-5-2)27-28(3)21-23-33-26-29(31)20-16-12-13-17-22-30/h28-29H,4-27,33H2,1-3H3. The Labute approximate surface area is 216 Å². The molecule has 0 rings (SSSR count). The van der Waals surface area contributed by atoms with Crippen LogP contribution in [0.1, 0.15) is 136 Å². The summed E-state index contributed by atoms with van der Waals surface area (Å²) in [6.07, 6.45) is 19.4. The van der Waals surface area contributed by atoms with Crippen molar-refractivity contribution in [3.63, 3.8) is 0 Å². The van der Waals surface area contributed by atoms with Crippen molar-refractivity contribution in [2.75, 3.05) is 6.67 Å². The Bertz CT molecular complexity index is 393. The van der Waals surface area contributed by atoms with Crippen LogP contribution in [0.3, 0.4) is 0 Å². The van der Waals surface area contributed by atoms with E-state index in [1.54, 1.807) is 0 Å². The lowest BCUT2D eigenvalue weighted by molar-refractivity contribution is 0.327. The summed E-state index contributed by atoms with van der Waals surface area (Å²) in [7, 11) is -3.02. The van der Waals surface area contributed by atoms with Gasteiger partial charge in [-0.25, -0.2) is 4.39 Å². The predicted molar refractivity (Wildman–Crippen MR) is 154 cm³/mol. The molecule has 0 aromatic heterocycles. The van der Waals surface area contributed by atoms with E-state index in [4.69, 9.17) is 0 Å². The fourth-order valence-corrected chi connectivity index (χ4v) is 11.2. The van der Waals surface area contributed by atoms with Crippen LogP contribution in [0.15, 0.2) is 0 Å². The molecule has 2 unspecified atom stereocenters. The van der Waals surface area contributed by atoms with Gasteiger partial charge < -0.3 is 4.11 Å². The number of hydrogen-bond donors (Lipinski definition) is 0. The molecule has 0 aromatic rings. The molecule has 5 heteroatoms. The number of halogens is 3. The van der Waals surface area contributed by atoms with Crippen molar-refractivity contribution in [2.45, 2.75) is 173 Å². The molecule has 0 aliphatic rings. The highest BCUT2D eigenvalue weighted by Gasteiger charge is 2.34. The van der Waals surface area contributed by atoms with Crippen molar-refractivity contribution >= 4 is 17.9 Å². The minimum atomic E-state index is -2.65. The third-order valence-electron chi connectivity index (χ3n) is 7.54. The van der Waals surface area contributed by atoms with E-state index in [0.717, 1.165) is 62.7 Å². The molecular formula is C29H61F3Si2. The first-order valence-electron chi connectivity index (χ1n) is 15.4. The van der Waals surface area contributed by atoms with Crippen LogP contribution in [0.2, 0.25) is 30.2 Å². The zero-order valence-electron chi connectivity index (χ0n) is 23.5. The van der Waals surface area contributed by atoms with Gasteiger partial charge in [-0.05, 0) is 42.9 Å². The molecule has 0 spiro atoms. The van der Waals surface area contributed by atoms with Gasteiger partial charge in [-0.2, -0.15) is 0 Å². The Morgan fingerprint density at radius 3 is 1.74 bits per heavy atom. The average molecular weight is 523 g/mol. The largest absolute Gasteiger partial charge is 0.314 e. The Morgan fingerprint density at radius 2 is 1.18 bits per heavy atom. The van der Waals surface area contributed by atoms with Gasteiger partial charge in [0.1, 0.15) is 0 Å². The van der Waals surface area contributed by atoms with E-state index in [1.807, 2.05) is 0 Å². The molecule has 0 aliphatic carbocycles. The van der Waals surface area contributed by atoms with E-state index in [1.165, 1.54) is 70.3 Å². The summed E-state index contributed by atoms with van der Waals surface area (Å²) in [4.78, 5) is 0. The highest BCUT2D eigenvalue weighted by molar-refractivity contribution is 6.73. The zero-order valence-corrected chi connectivity index (χ0v) is 25.9. The molecule has 0 radical (unpaired) electrons. The van der Waals surface area contributed by atoms with Gasteiger partial charge in [-0.3, -0.25) is 4.39 Å². The molecule has 0 aliphatic heterocycles. The van der Waals surface area contributed by atoms with Gasteiger partial charge in [0.25, 0.3) is 0 Å². The zero-order chi connectivity index (χ0) is 25.3. The summed E-state index contributed by atoms with van der Waals surface area (Å²) >= 11 is 0. The average Bonchev–Trinajstić information content (AvgIpc) is 2.81. The van der Waals surface area contributed by atoms with Crippen molar-refractivity contribution in [1.82, 2.24) is 0 Å². The third kappa shape index (κ3) is 22.7. The molecule has 0 heterocycles. The summed E-state index contributed by atoms with van der Waals surface area (Å²) < 4.78 is 42.3. The Hall–Kier alpha value is 0.224. The van der Waals surface area contributed by atoms with Crippen LogP contribution in [0.25, 0.3) is 0 Å². The Morgan fingerprint density at radius 1 is 0.676 bits per heavy atom. The lowest BCUT2D eigenvalue weighted by atomic mass is 10.1. The molecular weight excluding hydrogens is 461 g/mol. The van der Waals surface area contributed by atoms with Crippen molar-refractivity contribution in [1.29, 1.82) is 0 Å². The van der Waals surface area contributed by atoms with Crippen LogP contribution in [-0.2, 0) is 0 Å². The summed E-state index contributed by atoms with van der Waals surface area (Å²) in [5, 5.41) is 0. The molecule has 0 nitrogen and oxygen atoms in total. The smallest absolute Gasteiger partial charge is 0.247 e. The van der Waals surface area contributed by atoms with Crippen LogP contribution >= 0.6 is 0 Å². The quantitative estimate of drug-likeness (QED) is 0.0571. The molecule has 0 bridgehead atoms. The lowest BCUT2D eigenvalue weighted by Gasteiger charge is -2.26. The van der Waals surface area contributed by atoms with Gasteiger partial charge in [-0.1, -0.05) is 130 Å². The van der Waals surface area contributed by atoms with Crippen molar-refractivity contribution in [3.8, 4) is 0 Å². The van der Waals surface area contributed by atoms with Crippen LogP contribution in [-0.4, -0.2) is 30.8 Å². The number of unbranched alkanes of at least 4 members (excludes halogenated alkanes) is 13. The maximum Gasteiger partial charge on any atom is 0.247 e. The van der Waals surface area contributed by atoms with E-state index >= 15 is 4.11 Å². The monoisotopic (exact) mass is 522 g/mol. The predicted octanol–water partition coefficient (Wildman–Crippen LogP) is 10.9. The molecule has 0 fully saturated rings. The summed E-state index contributed by atoms with van der Waals surface area (Å²) in [6, 6.07) is 4.56. The summed E-state index contributed by atoms with van der Waals surface area (Å²) in [5.41, 5.74) is 0. The van der Waals surface area contributed by atoms with Gasteiger partial charge in [0.15, 0.2) is 0 Å². The highest BCUT2D eigenvalue weighted by atomic mass is 28.4. The van der Waals surface area contributed by atoms with Crippen molar-refractivity contribution in [3.05, 3.63) is 0 Å². The van der Waals surface area contributed by atoms with Gasteiger partial charge >= 0.3 is 0 Å². The third-order valence-corrected chi connectivity index (χ3v) is 13.4. The van der Waals surface area contributed by atoms with Gasteiger partial charge in [0, 0.05) is 9.52 Å². The normalized spacial score (nSPS) is 14.3. The molecule has 0 N–H and O–H groups in total. The molecule has 206 valence electrons. The maximum atomic E-state index is 16.1. The van der Waals surface area contributed by atoms with Gasteiger partial charge in [0.2, 0.25) is 8.41 Å². The van der Waals surface area contributed by atoms with Crippen LogP contribution in [0, 0.1) is 5.92 Å². The minimum Gasteiger partial charge on any atom is -0.314 e. The summed E-state index contributed by atoms with van der Waals surface area (Å²) in [6.45, 7) is 6.51. The van der Waals surface area contributed by atoms with E-state index in [0.29, 0.717) is 18.8 Å². The summed E-state index contributed by atoms with van der Waals surface area (Å²) in [5.74, 6) is 0.475. The Balaban J connectivity index is 4.22.